The molecule has 1 aliphatic rings. The van der Waals surface area contributed by atoms with Gasteiger partial charge in [-0.2, -0.15) is 0 Å². The quantitative estimate of drug-likeness (QED) is 0.413. The minimum Gasteiger partial charge on any atom is -0.384 e. The van der Waals surface area contributed by atoms with Gasteiger partial charge in [0.15, 0.2) is 5.96 Å². The first-order valence-corrected chi connectivity index (χ1v) is 8.42. The zero-order valence-corrected chi connectivity index (χ0v) is 17.4. The molecule has 0 saturated carbocycles. The first kappa shape index (κ1) is 20.6. The van der Waals surface area contributed by atoms with Crippen LogP contribution in [0.4, 0.5) is 4.39 Å². The molecular formula is C18H25FIN5O. The Morgan fingerprint density at radius 1 is 1.46 bits per heavy atom. The average Bonchev–Trinajstić information content (AvgIpc) is 3.28. The molecule has 0 amide bonds. The van der Waals surface area contributed by atoms with E-state index in [0.717, 1.165) is 37.6 Å². The van der Waals surface area contributed by atoms with Crippen molar-refractivity contribution in [3.63, 3.8) is 0 Å². The molecule has 6 nitrogen and oxygen atoms in total. The number of halogens is 2. The summed E-state index contributed by atoms with van der Waals surface area (Å²) in [6, 6.07) is 5.23. The lowest BCUT2D eigenvalue weighted by atomic mass is 10.1. The van der Waals surface area contributed by atoms with Crippen molar-refractivity contribution in [3.8, 4) is 5.69 Å². The highest BCUT2D eigenvalue weighted by molar-refractivity contribution is 14.0. The number of guanidine groups is 1. The number of likely N-dealkylation sites (tertiary alicyclic amines) is 1. The zero-order chi connectivity index (χ0) is 17.6. The number of hydrogen-bond acceptors (Lipinski definition) is 3. The van der Waals surface area contributed by atoms with Gasteiger partial charge in [0.1, 0.15) is 5.82 Å². The standard InChI is InChI=1S/C18H24FN5O.HI/c1-20-18(23-7-5-15(11-23)12-25-2)22-10-14-3-4-17(16(19)9-14)24-8-6-21-13-24;/h3-4,6,8-9,13,15H,5,7,10-12H2,1-2H3,(H,20,22);1H. The molecule has 2 aromatic rings. The molecule has 1 aliphatic heterocycles. The van der Waals surface area contributed by atoms with E-state index in [2.05, 4.69) is 20.2 Å². The van der Waals surface area contributed by atoms with Crippen LogP contribution in [-0.4, -0.2) is 54.3 Å². The van der Waals surface area contributed by atoms with Crippen LogP contribution in [-0.2, 0) is 11.3 Å². The van der Waals surface area contributed by atoms with E-state index in [-0.39, 0.29) is 29.8 Å². The van der Waals surface area contributed by atoms with Crippen LogP contribution in [0, 0.1) is 11.7 Å². The molecule has 0 bridgehead atoms. The van der Waals surface area contributed by atoms with Crippen LogP contribution in [0.5, 0.6) is 0 Å². The maximum absolute atomic E-state index is 14.3. The molecule has 1 N–H and O–H groups in total. The van der Waals surface area contributed by atoms with Crippen LogP contribution >= 0.6 is 24.0 Å². The molecule has 0 aliphatic carbocycles. The molecule has 1 atom stereocenters. The molecule has 1 unspecified atom stereocenters. The van der Waals surface area contributed by atoms with E-state index in [1.165, 1.54) is 0 Å². The van der Waals surface area contributed by atoms with Gasteiger partial charge in [0.25, 0.3) is 0 Å². The second-order valence-electron chi connectivity index (χ2n) is 6.21. The molecule has 3 rings (SSSR count). The number of nitrogens with one attached hydrogen (secondary N) is 1. The van der Waals surface area contributed by atoms with E-state index in [1.54, 1.807) is 49.6 Å². The van der Waals surface area contributed by atoms with Crippen molar-refractivity contribution in [1.82, 2.24) is 19.8 Å². The summed E-state index contributed by atoms with van der Waals surface area (Å²) < 4.78 is 21.2. The Kier molecular flexibility index (Phi) is 7.83. The van der Waals surface area contributed by atoms with Crippen molar-refractivity contribution in [2.24, 2.45) is 10.9 Å². The van der Waals surface area contributed by atoms with E-state index in [4.69, 9.17) is 4.74 Å². The van der Waals surface area contributed by atoms with E-state index in [0.29, 0.717) is 18.2 Å². The van der Waals surface area contributed by atoms with Crippen LogP contribution in [0.3, 0.4) is 0 Å². The maximum Gasteiger partial charge on any atom is 0.193 e. The molecule has 0 spiro atoms. The van der Waals surface area contributed by atoms with Crippen molar-refractivity contribution >= 4 is 29.9 Å². The van der Waals surface area contributed by atoms with Crippen molar-refractivity contribution in [2.75, 3.05) is 33.9 Å². The van der Waals surface area contributed by atoms with Gasteiger partial charge in [0, 0.05) is 52.1 Å². The van der Waals surface area contributed by atoms with Gasteiger partial charge in [-0.05, 0) is 24.1 Å². The predicted octanol–water partition coefficient (Wildman–Crippen LogP) is 2.67. The van der Waals surface area contributed by atoms with Crippen molar-refractivity contribution < 1.29 is 9.13 Å². The maximum atomic E-state index is 14.3. The van der Waals surface area contributed by atoms with E-state index in [1.807, 2.05) is 6.07 Å². The summed E-state index contributed by atoms with van der Waals surface area (Å²) >= 11 is 0. The smallest absolute Gasteiger partial charge is 0.193 e. The second kappa shape index (κ2) is 9.86. The highest BCUT2D eigenvalue weighted by Gasteiger charge is 2.24. The van der Waals surface area contributed by atoms with Crippen molar-refractivity contribution in [2.45, 2.75) is 13.0 Å². The molecule has 2 heterocycles. The topological polar surface area (TPSA) is 54.7 Å². The molecular weight excluding hydrogens is 448 g/mol. The Bertz CT molecular complexity index is 722. The predicted molar refractivity (Wildman–Crippen MR) is 111 cm³/mol. The number of methoxy groups -OCH3 is 1. The van der Waals surface area contributed by atoms with Crippen LogP contribution in [0.25, 0.3) is 5.69 Å². The summed E-state index contributed by atoms with van der Waals surface area (Å²) in [5.41, 5.74) is 1.36. The fourth-order valence-corrected chi connectivity index (χ4v) is 3.18. The number of aliphatic imine (C=N–C) groups is 1. The SMILES string of the molecule is CN=C(NCc1ccc(-n2ccnc2)c(F)c1)N1CCC(COC)C1.I. The lowest BCUT2D eigenvalue weighted by molar-refractivity contribution is 0.157. The average molecular weight is 473 g/mol. The van der Waals surface area contributed by atoms with E-state index in [9.17, 15) is 4.39 Å². The Hall–Kier alpha value is -1.68. The normalized spacial score (nSPS) is 17.3. The van der Waals surface area contributed by atoms with Gasteiger partial charge in [-0.3, -0.25) is 4.99 Å². The van der Waals surface area contributed by atoms with Crippen molar-refractivity contribution in [3.05, 3.63) is 48.3 Å². The highest BCUT2D eigenvalue weighted by atomic mass is 127. The first-order valence-electron chi connectivity index (χ1n) is 8.42. The number of ether oxygens (including phenoxy) is 1. The molecule has 26 heavy (non-hydrogen) atoms. The monoisotopic (exact) mass is 473 g/mol. The molecule has 1 fully saturated rings. The second-order valence-corrected chi connectivity index (χ2v) is 6.21. The van der Waals surface area contributed by atoms with Gasteiger partial charge < -0.3 is 19.5 Å². The number of nitrogens with zero attached hydrogens (tertiary/aromatic N) is 4. The van der Waals surface area contributed by atoms with Gasteiger partial charge in [0.05, 0.1) is 18.6 Å². The third-order valence-corrected chi connectivity index (χ3v) is 4.44. The van der Waals surface area contributed by atoms with Crippen LogP contribution < -0.4 is 5.32 Å². The number of rotatable bonds is 5. The van der Waals surface area contributed by atoms with E-state index >= 15 is 0 Å². The Labute approximate surface area is 170 Å². The summed E-state index contributed by atoms with van der Waals surface area (Å²) in [5.74, 6) is 1.11. The summed E-state index contributed by atoms with van der Waals surface area (Å²) in [7, 11) is 3.51. The zero-order valence-electron chi connectivity index (χ0n) is 15.1. The Morgan fingerprint density at radius 2 is 2.31 bits per heavy atom. The van der Waals surface area contributed by atoms with Gasteiger partial charge in [-0.1, -0.05) is 6.07 Å². The number of aromatic nitrogens is 2. The lowest BCUT2D eigenvalue weighted by Crippen LogP contribution is -2.39. The van der Waals surface area contributed by atoms with Crippen LogP contribution in [0.1, 0.15) is 12.0 Å². The lowest BCUT2D eigenvalue weighted by Gasteiger charge is -2.21. The molecule has 1 aromatic heterocycles. The minimum absolute atomic E-state index is 0. The third kappa shape index (κ3) is 4.94. The Balaban J connectivity index is 0.00000243. The van der Waals surface area contributed by atoms with Gasteiger partial charge in [0.2, 0.25) is 0 Å². The molecule has 142 valence electrons. The molecule has 0 radical (unpaired) electrons. The third-order valence-electron chi connectivity index (χ3n) is 4.44. The van der Waals surface area contributed by atoms with Crippen LogP contribution in [0.2, 0.25) is 0 Å². The summed E-state index contributed by atoms with van der Waals surface area (Å²) in [5, 5.41) is 3.32. The van der Waals surface area contributed by atoms with Crippen LogP contribution in [0.15, 0.2) is 41.9 Å². The van der Waals surface area contributed by atoms with Crippen molar-refractivity contribution in [1.29, 1.82) is 0 Å². The summed E-state index contributed by atoms with van der Waals surface area (Å²) in [6.45, 7) is 3.19. The summed E-state index contributed by atoms with van der Waals surface area (Å²) in [6.07, 6.45) is 6.04. The van der Waals surface area contributed by atoms with Gasteiger partial charge >= 0.3 is 0 Å². The minimum atomic E-state index is -0.270. The first-order chi connectivity index (χ1) is 12.2. The number of benzene rings is 1. The van der Waals surface area contributed by atoms with Gasteiger partial charge in [-0.25, -0.2) is 9.37 Å². The van der Waals surface area contributed by atoms with E-state index < -0.39 is 0 Å². The molecule has 8 heteroatoms. The largest absolute Gasteiger partial charge is 0.384 e. The molecule has 1 aromatic carbocycles. The number of imidazole rings is 1. The van der Waals surface area contributed by atoms with Gasteiger partial charge in [-0.15, -0.1) is 24.0 Å². The fourth-order valence-electron chi connectivity index (χ4n) is 3.18. The Morgan fingerprint density at radius 3 is 2.96 bits per heavy atom. The highest BCUT2D eigenvalue weighted by Crippen LogP contribution is 2.17. The summed E-state index contributed by atoms with van der Waals surface area (Å²) in [4.78, 5) is 10.5. The fraction of sp³-hybridized carbons (Fsp3) is 0.444. The molecule has 1 saturated heterocycles. The number of hydrogen-bond donors (Lipinski definition) is 1.